The van der Waals surface area contributed by atoms with Gasteiger partial charge in [-0.2, -0.15) is 5.10 Å². The van der Waals surface area contributed by atoms with E-state index < -0.39 is 0 Å². The third-order valence-corrected chi connectivity index (χ3v) is 2.84. The minimum atomic E-state index is 0.600. The number of hydrogen-bond donors (Lipinski definition) is 1. The van der Waals surface area contributed by atoms with Crippen molar-refractivity contribution in [1.82, 2.24) is 9.78 Å². The van der Waals surface area contributed by atoms with Crippen molar-refractivity contribution in [2.75, 3.05) is 12.4 Å². The first-order valence-electron chi connectivity index (χ1n) is 5.25. The zero-order chi connectivity index (χ0) is 12.3. The van der Waals surface area contributed by atoms with Crippen molar-refractivity contribution in [3.05, 3.63) is 41.2 Å². The Morgan fingerprint density at radius 1 is 1.41 bits per heavy atom. The standard InChI is InChI=1S/C12H14ClN3O/c1-16-10(5-6-15-16)8-14-9-3-4-12(17-2)11(13)7-9/h3-7,14H,8H2,1-2H3. The highest BCUT2D eigenvalue weighted by atomic mass is 35.5. The molecule has 0 amide bonds. The van der Waals surface area contributed by atoms with Gasteiger partial charge in [-0.15, -0.1) is 0 Å². The van der Waals surface area contributed by atoms with Crippen molar-refractivity contribution in [3.63, 3.8) is 0 Å². The van der Waals surface area contributed by atoms with Crippen LogP contribution in [0.15, 0.2) is 30.5 Å². The molecular weight excluding hydrogens is 238 g/mol. The molecule has 0 atom stereocenters. The smallest absolute Gasteiger partial charge is 0.137 e. The van der Waals surface area contributed by atoms with E-state index in [2.05, 4.69) is 10.4 Å². The van der Waals surface area contributed by atoms with Crippen molar-refractivity contribution in [2.24, 2.45) is 7.05 Å². The minimum Gasteiger partial charge on any atom is -0.495 e. The fourth-order valence-electron chi connectivity index (χ4n) is 1.54. The number of aromatic nitrogens is 2. The van der Waals surface area contributed by atoms with E-state index in [0.717, 1.165) is 11.4 Å². The summed E-state index contributed by atoms with van der Waals surface area (Å²) in [6, 6.07) is 7.59. The Morgan fingerprint density at radius 3 is 2.82 bits per heavy atom. The van der Waals surface area contributed by atoms with Gasteiger partial charge in [0.15, 0.2) is 0 Å². The molecule has 1 aromatic carbocycles. The number of nitrogens with zero attached hydrogens (tertiary/aromatic N) is 2. The van der Waals surface area contributed by atoms with Crippen LogP contribution in [0, 0.1) is 0 Å². The molecule has 2 aromatic rings. The number of ether oxygens (including phenoxy) is 1. The summed E-state index contributed by atoms with van der Waals surface area (Å²) in [6.45, 7) is 0.707. The summed E-state index contributed by atoms with van der Waals surface area (Å²) in [6.07, 6.45) is 1.78. The first-order valence-corrected chi connectivity index (χ1v) is 5.63. The third-order valence-electron chi connectivity index (χ3n) is 2.55. The zero-order valence-corrected chi connectivity index (χ0v) is 10.5. The summed E-state index contributed by atoms with van der Waals surface area (Å²) in [7, 11) is 3.52. The highest BCUT2D eigenvalue weighted by Gasteiger charge is 2.02. The average Bonchev–Trinajstić information content (AvgIpc) is 2.72. The predicted octanol–water partition coefficient (Wildman–Crippen LogP) is 2.69. The maximum absolute atomic E-state index is 6.04. The molecule has 1 N–H and O–H groups in total. The van der Waals surface area contributed by atoms with Gasteiger partial charge < -0.3 is 10.1 Å². The molecule has 0 aliphatic heterocycles. The monoisotopic (exact) mass is 251 g/mol. The van der Waals surface area contributed by atoms with Crippen molar-refractivity contribution in [3.8, 4) is 5.75 Å². The van der Waals surface area contributed by atoms with Crippen LogP contribution in [0.25, 0.3) is 0 Å². The van der Waals surface area contributed by atoms with Gasteiger partial charge >= 0.3 is 0 Å². The molecule has 0 unspecified atom stereocenters. The zero-order valence-electron chi connectivity index (χ0n) is 9.77. The molecule has 0 saturated carbocycles. The van der Waals surface area contributed by atoms with Crippen molar-refractivity contribution < 1.29 is 4.74 Å². The van der Waals surface area contributed by atoms with Crippen molar-refractivity contribution >= 4 is 17.3 Å². The normalized spacial score (nSPS) is 10.3. The number of halogens is 1. The quantitative estimate of drug-likeness (QED) is 0.908. The third kappa shape index (κ3) is 2.71. The Kier molecular flexibility index (Phi) is 3.54. The fourth-order valence-corrected chi connectivity index (χ4v) is 1.80. The molecule has 0 bridgehead atoms. The van der Waals surface area contributed by atoms with Crippen LogP contribution >= 0.6 is 11.6 Å². The van der Waals surface area contributed by atoms with E-state index in [9.17, 15) is 0 Å². The molecule has 2 rings (SSSR count). The van der Waals surface area contributed by atoms with Crippen LogP contribution < -0.4 is 10.1 Å². The number of methoxy groups -OCH3 is 1. The van der Waals surface area contributed by atoms with Crippen LogP contribution in [0.2, 0.25) is 5.02 Å². The Bertz CT molecular complexity index is 510. The number of anilines is 1. The highest BCUT2D eigenvalue weighted by molar-refractivity contribution is 6.32. The van der Waals surface area contributed by atoms with Crippen LogP contribution in [0.5, 0.6) is 5.75 Å². The number of rotatable bonds is 4. The van der Waals surface area contributed by atoms with Gasteiger partial charge in [-0.3, -0.25) is 4.68 Å². The van der Waals surface area contributed by atoms with E-state index in [4.69, 9.17) is 16.3 Å². The molecular formula is C12H14ClN3O. The van der Waals surface area contributed by atoms with Gasteiger partial charge in [-0.05, 0) is 24.3 Å². The van der Waals surface area contributed by atoms with Crippen LogP contribution in [0.1, 0.15) is 5.69 Å². The SMILES string of the molecule is COc1ccc(NCc2ccnn2C)cc1Cl. The molecule has 0 radical (unpaired) electrons. The molecule has 0 fully saturated rings. The van der Waals surface area contributed by atoms with Gasteiger partial charge in [0.25, 0.3) is 0 Å². The number of aryl methyl sites for hydroxylation is 1. The lowest BCUT2D eigenvalue weighted by molar-refractivity contribution is 0.415. The van der Waals surface area contributed by atoms with E-state index in [1.54, 1.807) is 13.3 Å². The fraction of sp³-hybridized carbons (Fsp3) is 0.250. The van der Waals surface area contributed by atoms with E-state index in [-0.39, 0.29) is 0 Å². The number of hydrogen-bond acceptors (Lipinski definition) is 3. The second-order valence-electron chi connectivity index (χ2n) is 3.65. The Labute approximate surface area is 105 Å². The molecule has 4 nitrogen and oxygen atoms in total. The summed E-state index contributed by atoms with van der Waals surface area (Å²) in [5, 5.41) is 7.98. The second kappa shape index (κ2) is 5.10. The number of benzene rings is 1. The maximum atomic E-state index is 6.04. The van der Waals surface area contributed by atoms with E-state index in [1.165, 1.54) is 0 Å². The molecule has 1 heterocycles. The molecule has 0 aliphatic carbocycles. The molecule has 1 aromatic heterocycles. The average molecular weight is 252 g/mol. The summed E-state index contributed by atoms with van der Waals surface area (Å²) in [5.41, 5.74) is 2.06. The lowest BCUT2D eigenvalue weighted by atomic mass is 10.3. The molecule has 0 aliphatic rings. The van der Waals surface area contributed by atoms with Gasteiger partial charge in [0.05, 0.1) is 24.4 Å². The summed E-state index contributed by atoms with van der Waals surface area (Å²) in [5.74, 6) is 0.678. The minimum absolute atomic E-state index is 0.600. The summed E-state index contributed by atoms with van der Waals surface area (Å²) in [4.78, 5) is 0. The Morgan fingerprint density at radius 2 is 2.24 bits per heavy atom. The van der Waals surface area contributed by atoms with Crippen molar-refractivity contribution in [1.29, 1.82) is 0 Å². The molecule has 0 spiro atoms. The Hall–Kier alpha value is -1.68. The maximum Gasteiger partial charge on any atom is 0.137 e. The first-order chi connectivity index (χ1) is 8.20. The van der Waals surface area contributed by atoms with Crippen LogP contribution in [-0.2, 0) is 13.6 Å². The summed E-state index contributed by atoms with van der Waals surface area (Å²) >= 11 is 6.04. The summed E-state index contributed by atoms with van der Waals surface area (Å²) < 4.78 is 6.93. The van der Waals surface area contributed by atoms with Crippen LogP contribution in [-0.4, -0.2) is 16.9 Å². The molecule has 5 heteroatoms. The van der Waals surface area contributed by atoms with Gasteiger partial charge in [-0.25, -0.2) is 0 Å². The van der Waals surface area contributed by atoms with E-state index >= 15 is 0 Å². The molecule has 17 heavy (non-hydrogen) atoms. The predicted molar refractivity (Wildman–Crippen MR) is 68.5 cm³/mol. The largest absolute Gasteiger partial charge is 0.495 e. The van der Waals surface area contributed by atoms with Gasteiger partial charge in [0.2, 0.25) is 0 Å². The van der Waals surface area contributed by atoms with Crippen molar-refractivity contribution in [2.45, 2.75) is 6.54 Å². The second-order valence-corrected chi connectivity index (χ2v) is 4.06. The lowest BCUT2D eigenvalue weighted by Crippen LogP contribution is -2.05. The molecule has 0 saturated heterocycles. The lowest BCUT2D eigenvalue weighted by Gasteiger charge is -2.09. The van der Waals surface area contributed by atoms with Crippen LogP contribution in [0.3, 0.4) is 0 Å². The van der Waals surface area contributed by atoms with Gasteiger partial charge in [0, 0.05) is 18.9 Å². The Balaban J connectivity index is 2.05. The highest BCUT2D eigenvalue weighted by Crippen LogP contribution is 2.27. The topological polar surface area (TPSA) is 39.1 Å². The van der Waals surface area contributed by atoms with Gasteiger partial charge in [0.1, 0.15) is 5.75 Å². The van der Waals surface area contributed by atoms with Gasteiger partial charge in [-0.1, -0.05) is 11.6 Å². The molecule has 90 valence electrons. The van der Waals surface area contributed by atoms with E-state index in [0.29, 0.717) is 17.3 Å². The first kappa shape index (κ1) is 11.8. The van der Waals surface area contributed by atoms with E-state index in [1.807, 2.05) is 36.0 Å². The van der Waals surface area contributed by atoms with Crippen LogP contribution in [0.4, 0.5) is 5.69 Å². The number of nitrogens with one attached hydrogen (secondary N) is 1.